The number of aryl methyl sites for hydroxylation is 1. The summed E-state index contributed by atoms with van der Waals surface area (Å²) in [5.74, 6) is 1.67. The number of carbonyl (C=O) groups is 1. The van der Waals surface area contributed by atoms with Gasteiger partial charge in [-0.15, -0.1) is 0 Å². The number of benzene rings is 1. The molecular formula is C14H16N2O2S2. The zero-order valence-corrected chi connectivity index (χ0v) is 13.3. The zero-order chi connectivity index (χ0) is 14.5. The Hall–Kier alpha value is -1.40. The molecule has 0 aliphatic carbocycles. The number of aromatic nitrogens is 2. The molecule has 0 aliphatic heterocycles. The summed E-state index contributed by atoms with van der Waals surface area (Å²) in [6.07, 6.45) is 0.817. The fourth-order valence-electron chi connectivity index (χ4n) is 1.62. The highest BCUT2D eigenvalue weighted by Gasteiger charge is 2.18. The molecule has 6 heteroatoms. The molecule has 4 nitrogen and oxygen atoms in total. The first-order chi connectivity index (χ1) is 9.63. The summed E-state index contributed by atoms with van der Waals surface area (Å²) in [6.45, 7) is 3.91. The summed E-state index contributed by atoms with van der Waals surface area (Å²) in [4.78, 5) is 16.7. The van der Waals surface area contributed by atoms with Crippen LogP contribution in [0.25, 0.3) is 0 Å². The molecule has 0 saturated carbocycles. The number of hydrogen-bond donors (Lipinski definition) is 0. The van der Waals surface area contributed by atoms with Crippen LogP contribution in [-0.2, 0) is 6.42 Å². The van der Waals surface area contributed by atoms with Crippen LogP contribution in [-0.4, -0.2) is 27.5 Å². The van der Waals surface area contributed by atoms with E-state index < -0.39 is 0 Å². The van der Waals surface area contributed by atoms with Gasteiger partial charge in [-0.05, 0) is 42.7 Å². The molecule has 1 aromatic carbocycles. The van der Waals surface area contributed by atoms with Gasteiger partial charge < -0.3 is 4.74 Å². The van der Waals surface area contributed by atoms with Crippen LogP contribution in [0.4, 0.5) is 0 Å². The van der Waals surface area contributed by atoms with E-state index in [0.29, 0.717) is 5.56 Å². The van der Waals surface area contributed by atoms with Crippen molar-refractivity contribution in [2.75, 3.05) is 7.11 Å². The van der Waals surface area contributed by atoms with Crippen LogP contribution in [0, 0.1) is 0 Å². The number of ether oxygens (including phenoxy) is 1. The van der Waals surface area contributed by atoms with Gasteiger partial charge in [0.1, 0.15) is 11.6 Å². The lowest BCUT2D eigenvalue weighted by Gasteiger charge is -2.08. The summed E-state index contributed by atoms with van der Waals surface area (Å²) in [5.41, 5.74) is 0.686. The lowest BCUT2D eigenvalue weighted by molar-refractivity contribution is 0.0994. The Morgan fingerprint density at radius 2 is 2.10 bits per heavy atom. The van der Waals surface area contributed by atoms with Gasteiger partial charge in [-0.1, -0.05) is 18.7 Å². The number of methoxy groups -OCH3 is 1. The molecular weight excluding hydrogens is 292 g/mol. The molecule has 0 radical (unpaired) electrons. The van der Waals surface area contributed by atoms with Gasteiger partial charge in [0.25, 0.3) is 0 Å². The smallest absolute Gasteiger partial charge is 0.175 e. The molecule has 0 N–H and O–H groups in total. The summed E-state index contributed by atoms with van der Waals surface area (Å²) in [6, 6.07) is 7.17. The molecule has 0 aliphatic rings. The molecule has 1 heterocycles. The van der Waals surface area contributed by atoms with Gasteiger partial charge in [0.2, 0.25) is 0 Å². The molecule has 2 aromatic rings. The molecule has 2 rings (SSSR count). The van der Waals surface area contributed by atoms with Crippen molar-refractivity contribution in [1.29, 1.82) is 0 Å². The van der Waals surface area contributed by atoms with Crippen molar-refractivity contribution in [3.05, 3.63) is 35.7 Å². The third-order valence-corrected chi connectivity index (χ3v) is 4.71. The van der Waals surface area contributed by atoms with Crippen LogP contribution in [0.2, 0.25) is 0 Å². The Balaban J connectivity index is 2.03. The van der Waals surface area contributed by atoms with E-state index in [0.717, 1.165) is 22.3 Å². The van der Waals surface area contributed by atoms with Crippen molar-refractivity contribution in [1.82, 2.24) is 9.36 Å². The van der Waals surface area contributed by atoms with Gasteiger partial charge in [-0.3, -0.25) is 4.79 Å². The lowest BCUT2D eigenvalue weighted by Crippen LogP contribution is -2.13. The van der Waals surface area contributed by atoms with Crippen LogP contribution in [0.5, 0.6) is 5.75 Å². The molecule has 20 heavy (non-hydrogen) atoms. The highest BCUT2D eigenvalue weighted by molar-refractivity contribution is 8.02. The Kier molecular flexibility index (Phi) is 5.14. The van der Waals surface area contributed by atoms with E-state index in [4.69, 9.17) is 4.74 Å². The number of carbonyl (C=O) groups excluding carboxylic acids is 1. The Morgan fingerprint density at radius 1 is 1.40 bits per heavy atom. The normalized spacial score (nSPS) is 12.2. The van der Waals surface area contributed by atoms with Crippen molar-refractivity contribution < 1.29 is 9.53 Å². The van der Waals surface area contributed by atoms with Crippen molar-refractivity contribution in [3.8, 4) is 5.75 Å². The predicted octanol–water partition coefficient (Wildman–Crippen LogP) is 3.47. The van der Waals surface area contributed by atoms with Crippen LogP contribution < -0.4 is 4.74 Å². The minimum Gasteiger partial charge on any atom is -0.497 e. The standard InChI is InChI=1S/C14H16N2O2S2/c1-4-12-15-14(20-16-12)19-9(2)13(17)10-5-7-11(18-3)8-6-10/h5-9H,4H2,1-3H3. The summed E-state index contributed by atoms with van der Waals surface area (Å²) in [7, 11) is 1.61. The molecule has 0 spiro atoms. The van der Waals surface area contributed by atoms with Crippen LogP contribution >= 0.6 is 23.3 Å². The number of hydrogen-bond acceptors (Lipinski definition) is 6. The van der Waals surface area contributed by atoms with E-state index in [1.54, 1.807) is 31.4 Å². The number of rotatable bonds is 6. The monoisotopic (exact) mass is 308 g/mol. The molecule has 0 amide bonds. The molecule has 0 bridgehead atoms. The minimum absolute atomic E-state index is 0.0888. The maximum Gasteiger partial charge on any atom is 0.175 e. The largest absolute Gasteiger partial charge is 0.497 e. The molecule has 1 aromatic heterocycles. The van der Waals surface area contributed by atoms with Gasteiger partial charge in [-0.2, -0.15) is 4.37 Å². The lowest BCUT2D eigenvalue weighted by atomic mass is 10.1. The van der Waals surface area contributed by atoms with Crippen LogP contribution in [0.1, 0.15) is 30.0 Å². The number of thioether (sulfide) groups is 1. The average Bonchev–Trinajstić information content (AvgIpc) is 2.94. The van der Waals surface area contributed by atoms with Crippen molar-refractivity contribution in [2.24, 2.45) is 0 Å². The molecule has 1 unspecified atom stereocenters. The van der Waals surface area contributed by atoms with Crippen LogP contribution in [0.3, 0.4) is 0 Å². The summed E-state index contributed by atoms with van der Waals surface area (Å²) in [5, 5.41) is -0.180. The molecule has 1 atom stereocenters. The first-order valence-corrected chi connectivity index (χ1v) is 7.96. The third-order valence-electron chi connectivity index (χ3n) is 2.79. The van der Waals surface area contributed by atoms with Gasteiger partial charge in [0.05, 0.1) is 12.4 Å². The van der Waals surface area contributed by atoms with Crippen LogP contribution in [0.15, 0.2) is 28.6 Å². The fourth-order valence-corrected chi connectivity index (χ4v) is 3.54. The Morgan fingerprint density at radius 3 is 2.65 bits per heavy atom. The van der Waals surface area contributed by atoms with E-state index in [-0.39, 0.29) is 11.0 Å². The number of ketones is 1. The van der Waals surface area contributed by atoms with Gasteiger partial charge in [0.15, 0.2) is 10.1 Å². The number of nitrogens with zero attached hydrogens (tertiary/aromatic N) is 2. The second kappa shape index (κ2) is 6.85. The van der Waals surface area contributed by atoms with Crippen molar-refractivity contribution in [3.63, 3.8) is 0 Å². The van der Waals surface area contributed by atoms with Gasteiger partial charge in [-0.25, -0.2) is 4.98 Å². The fraction of sp³-hybridized carbons (Fsp3) is 0.357. The van der Waals surface area contributed by atoms with E-state index in [1.165, 1.54) is 23.3 Å². The predicted molar refractivity (Wildman–Crippen MR) is 81.9 cm³/mol. The number of Topliss-reactive ketones (excluding diaryl/α,β-unsaturated/α-hetero) is 1. The highest BCUT2D eigenvalue weighted by atomic mass is 32.2. The van der Waals surface area contributed by atoms with E-state index in [9.17, 15) is 4.79 Å². The molecule has 0 saturated heterocycles. The van der Waals surface area contributed by atoms with Crippen molar-refractivity contribution >= 4 is 29.1 Å². The first-order valence-electron chi connectivity index (χ1n) is 6.31. The summed E-state index contributed by atoms with van der Waals surface area (Å²) >= 11 is 2.81. The Labute approximate surface area is 126 Å². The van der Waals surface area contributed by atoms with E-state index in [1.807, 2.05) is 13.8 Å². The zero-order valence-electron chi connectivity index (χ0n) is 11.6. The van der Waals surface area contributed by atoms with E-state index >= 15 is 0 Å². The summed E-state index contributed by atoms with van der Waals surface area (Å²) < 4.78 is 10.2. The van der Waals surface area contributed by atoms with Gasteiger partial charge in [0, 0.05) is 12.0 Å². The topological polar surface area (TPSA) is 52.1 Å². The second-order valence-corrected chi connectivity index (χ2v) is 6.52. The molecule has 0 fully saturated rings. The maximum absolute atomic E-state index is 12.3. The van der Waals surface area contributed by atoms with E-state index in [2.05, 4.69) is 9.36 Å². The minimum atomic E-state index is -0.180. The average molecular weight is 308 g/mol. The van der Waals surface area contributed by atoms with Gasteiger partial charge >= 0.3 is 0 Å². The second-order valence-electron chi connectivity index (χ2n) is 4.18. The SMILES string of the molecule is CCc1nsc(SC(C)C(=O)c2ccc(OC)cc2)n1. The third kappa shape index (κ3) is 3.58. The Bertz CT molecular complexity index is 581. The first kappa shape index (κ1) is 15.0. The quantitative estimate of drug-likeness (QED) is 0.604. The maximum atomic E-state index is 12.3. The highest BCUT2D eigenvalue weighted by Crippen LogP contribution is 2.27. The molecule has 106 valence electrons. The van der Waals surface area contributed by atoms with Crippen molar-refractivity contribution in [2.45, 2.75) is 29.9 Å².